The molecule has 0 radical (unpaired) electrons. The summed E-state index contributed by atoms with van der Waals surface area (Å²) in [7, 11) is 3.71. The highest BCUT2D eigenvalue weighted by atomic mass is 35.5. The van der Waals surface area contributed by atoms with Crippen molar-refractivity contribution in [2.45, 2.75) is 26.1 Å². The van der Waals surface area contributed by atoms with E-state index in [0.29, 0.717) is 84.0 Å². The molecule has 3 aromatic heterocycles. The van der Waals surface area contributed by atoms with Gasteiger partial charge >= 0.3 is 5.97 Å². The van der Waals surface area contributed by atoms with Gasteiger partial charge < -0.3 is 29.0 Å². The second-order valence-electron chi connectivity index (χ2n) is 15.0. The molecular weight excluding hydrogens is 867 g/mol. The van der Waals surface area contributed by atoms with Crippen LogP contribution in [-0.2, 0) is 17.8 Å². The Morgan fingerprint density at radius 2 is 1.70 bits per heavy atom. The van der Waals surface area contributed by atoms with E-state index in [-0.39, 0.29) is 23.9 Å². The smallest absolute Gasteiger partial charge is 0.345 e. The molecule has 1 atom stereocenters. The Labute approximate surface area is 377 Å². The van der Waals surface area contributed by atoms with Gasteiger partial charge in [-0.25, -0.2) is 19.2 Å². The fourth-order valence-electron chi connectivity index (χ4n) is 7.43. The van der Waals surface area contributed by atoms with Crippen molar-refractivity contribution in [2.75, 3.05) is 53.5 Å². The van der Waals surface area contributed by atoms with E-state index in [4.69, 9.17) is 52.1 Å². The lowest BCUT2D eigenvalue weighted by Crippen LogP contribution is -2.45. The van der Waals surface area contributed by atoms with E-state index >= 15 is 0 Å². The number of rotatable bonds is 16. The number of aromatic nitrogens is 4. The average Bonchev–Trinajstić information content (AvgIpc) is 3.71. The van der Waals surface area contributed by atoms with Crippen molar-refractivity contribution in [1.29, 1.82) is 0 Å². The summed E-state index contributed by atoms with van der Waals surface area (Å²) in [6.07, 6.45) is 1.84. The summed E-state index contributed by atoms with van der Waals surface area (Å²) in [6, 6.07) is 24.5. The summed E-state index contributed by atoms with van der Waals surface area (Å²) in [5, 5.41) is 11.5. The van der Waals surface area contributed by atoms with E-state index < -0.39 is 17.9 Å². The Hall–Kier alpha value is -5.90. The van der Waals surface area contributed by atoms with Crippen molar-refractivity contribution in [3.05, 3.63) is 130 Å². The molecular formula is C47H43Cl2FN6O6S. The molecule has 0 amide bonds. The second-order valence-corrected chi connectivity index (χ2v) is 16.6. The number of ether oxygens (including phenoxy) is 4. The molecule has 4 heterocycles. The number of carboxylic acids is 1. The van der Waals surface area contributed by atoms with Crippen LogP contribution in [-0.4, -0.2) is 99.8 Å². The van der Waals surface area contributed by atoms with Gasteiger partial charge in [0.25, 0.3) is 0 Å². The summed E-state index contributed by atoms with van der Waals surface area (Å²) in [6.45, 7) is 7.14. The van der Waals surface area contributed by atoms with Crippen LogP contribution < -0.4 is 18.9 Å². The fourth-order valence-corrected chi connectivity index (χ4v) is 8.53. The molecule has 1 saturated heterocycles. The standard InChI is InChI=1S/C47H43Cl2FN6O6S/c1-28-32(13-15-38(43(28)49)60-23-22-56-20-18-55(2)19-21-56)41-42-40(26-52-44(41)30-12-14-35(50)34(48)24-30)63-54-46(42)62-39(47(57)58)25-29-8-4-6-10-36(29)61-27-31-16-17-51-45(53-31)33-9-5-7-11-37(33)59-3/h4-17,24,26,39H,18-23,25,27H2,1-3H3,(H,57,58)/t39-/m1/s1. The third-order valence-corrected chi connectivity index (χ3v) is 12.4. The van der Waals surface area contributed by atoms with Crippen molar-refractivity contribution >= 4 is 50.8 Å². The minimum Gasteiger partial charge on any atom is -0.496 e. The molecule has 0 unspecified atom stereocenters. The number of piperazine rings is 1. The molecule has 63 heavy (non-hydrogen) atoms. The molecule has 324 valence electrons. The molecule has 16 heteroatoms. The summed E-state index contributed by atoms with van der Waals surface area (Å²) in [5.74, 6) is 0.413. The molecule has 1 aliphatic rings. The molecule has 1 fully saturated rings. The maximum absolute atomic E-state index is 14.5. The molecule has 1 N–H and O–H groups in total. The van der Waals surface area contributed by atoms with Crippen LogP contribution in [0.15, 0.2) is 97.3 Å². The lowest BCUT2D eigenvalue weighted by atomic mass is 9.93. The van der Waals surface area contributed by atoms with Gasteiger partial charge in [-0.05, 0) is 90.7 Å². The van der Waals surface area contributed by atoms with E-state index in [1.807, 2.05) is 49.4 Å². The minimum atomic E-state index is -1.39. The van der Waals surface area contributed by atoms with Gasteiger partial charge in [0.2, 0.25) is 12.0 Å². The highest BCUT2D eigenvalue weighted by molar-refractivity contribution is 7.13. The van der Waals surface area contributed by atoms with Crippen LogP contribution in [0.1, 0.15) is 16.8 Å². The Morgan fingerprint density at radius 3 is 2.48 bits per heavy atom. The van der Waals surface area contributed by atoms with Crippen LogP contribution in [0, 0.1) is 12.7 Å². The van der Waals surface area contributed by atoms with Crippen LogP contribution in [0.3, 0.4) is 0 Å². The van der Waals surface area contributed by atoms with E-state index in [9.17, 15) is 14.3 Å². The largest absolute Gasteiger partial charge is 0.496 e. The van der Waals surface area contributed by atoms with Gasteiger partial charge in [-0.15, -0.1) is 0 Å². The van der Waals surface area contributed by atoms with Gasteiger partial charge in [-0.2, -0.15) is 4.37 Å². The average molecular weight is 910 g/mol. The second kappa shape index (κ2) is 19.7. The van der Waals surface area contributed by atoms with E-state index in [0.717, 1.165) is 49.8 Å². The van der Waals surface area contributed by atoms with E-state index in [1.165, 1.54) is 12.1 Å². The number of carboxylic acid groups (broad SMARTS) is 1. The molecule has 0 aliphatic carbocycles. The Kier molecular flexibility index (Phi) is 13.6. The zero-order chi connectivity index (χ0) is 44.0. The number of hydrogen-bond donors (Lipinski definition) is 1. The van der Waals surface area contributed by atoms with Gasteiger partial charge in [0, 0.05) is 62.7 Å². The van der Waals surface area contributed by atoms with Gasteiger partial charge in [-0.3, -0.25) is 9.88 Å². The third kappa shape index (κ3) is 9.85. The van der Waals surface area contributed by atoms with Crippen molar-refractivity contribution in [3.63, 3.8) is 0 Å². The number of pyridine rings is 1. The van der Waals surface area contributed by atoms with Crippen molar-refractivity contribution in [2.24, 2.45) is 0 Å². The van der Waals surface area contributed by atoms with Gasteiger partial charge in [0.05, 0.1) is 44.2 Å². The summed E-state index contributed by atoms with van der Waals surface area (Å²) in [5.41, 5.74) is 4.84. The zero-order valence-electron chi connectivity index (χ0n) is 34.7. The van der Waals surface area contributed by atoms with Crippen LogP contribution in [0.2, 0.25) is 10.0 Å². The number of likely N-dealkylation sites (N-methyl/N-ethyl adjacent to an activating group) is 1. The highest BCUT2D eigenvalue weighted by Crippen LogP contribution is 2.46. The number of fused-ring (bicyclic) bond motifs is 1. The number of benzene rings is 4. The van der Waals surface area contributed by atoms with E-state index in [2.05, 4.69) is 26.2 Å². The highest BCUT2D eigenvalue weighted by Gasteiger charge is 2.28. The maximum Gasteiger partial charge on any atom is 0.345 e. The lowest BCUT2D eigenvalue weighted by Gasteiger charge is -2.32. The lowest BCUT2D eigenvalue weighted by molar-refractivity contribution is -0.145. The zero-order valence-corrected chi connectivity index (χ0v) is 37.0. The first-order chi connectivity index (χ1) is 30.6. The molecule has 7 aromatic rings. The number of hydrogen-bond acceptors (Lipinski definition) is 12. The number of carbonyl (C=O) groups is 1. The quantitative estimate of drug-likeness (QED) is 0.0991. The Morgan fingerprint density at radius 1 is 0.921 bits per heavy atom. The van der Waals surface area contributed by atoms with Crippen molar-refractivity contribution in [1.82, 2.24) is 29.1 Å². The topological polar surface area (TPSA) is 132 Å². The maximum atomic E-state index is 14.5. The van der Waals surface area contributed by atoms with Gasteiger partial charge in [0.1, 0.15) is 36.3 Å². The summed E-state index contributed by atoms with van der Waals surface area (Å²) >= 11 is 14.5. The van der Waals surface area contributed by atoms with Crippen molar-refractivity contribution < 1.29 is 33.2 Å². The van der Waals surface area contributed by atoms with Gasteiger partial charge in [0.15, 0.2) is 5.82 Å². The van der Waals surface area contributed by atoms with E-state index in [1.54, 1.807) is 49.8 Å². The van der Waals surface area contributed by atoms with Crippen LogP contribution in [0.5, 0.6) is 23.1 Å². The van der Waals surface area contributed by atoms with Gasteiger partial charge in [-0.1, -0.05) is 59.6 Å². The number of aliphatic carboxylic acids is 1. The first kappa shape index (κ1) is 43.7. The molecule has 4 aromatic carbocycles. The number of methoxy groups -OCH3 is 1. The predicted molar refractivity (Wildman–Crippen MR) is 243 cm³/mol. The first-order valence-electron chi connectivity index (χ1n) is 20.2. The number of nitrogens with zero attached hydrogens (tertiary/aromatic N) is 6. The predicted octanol–water partition coefficient (Wildman–Crippen LogP) is 9.53. The number of para-hydroxylation sites is 2. The third-order valence-electron chi connectivity index (χ3n) is 10.9. The first-order valence-corrected chi connectivity index (χ1v) is 21.7. The minimum absolute atomic E-state index is 0.0629. The fraction of sp³-hybridized carbons (Fsp3) is 0.255. The molecule has 12 nitrogen and oxygen atoms in total. The normalized spacial score (nSPS) is 13.8. The molecule has 0 saturated carbocycles. The number of halogens is 3. The molecule has 1 aliphatic heterocycles. The SMILES string of the molecule is COc1ccccc1-c1nccc(COc2ccccc2C[C@@H](Oc2nsc3cnc(-c4ccc(F)c(Cl)c4)c(-c4ccc(OCCN5CCN(C)CC5)c(Cl)c4C)c23)C(=O)O)n1. The summed E-state index contributed by atoms with van der Waals surface area (Å²) < 4.78 is 44.1. The Bertz CT molecular complexity index is 2770. The molecule has 0 spiro atoms. The van der Waals surface area contributed by atoms with Crippen LogP contribution in [0.4, 0.5) is 4.39 Å². The molecule has 0 bridgehead atoms. The van der Waals surface area contributed by atoms with Crippen LogP contribution in [0.25, 0.3) is 43.9 Å². The Balaban J connectivity index is 1.09. The monoisotopic (exact) mass is 908 g/mol. The summed E-state index contributed by atoms with van der Waals surface area (Å²) in [4.78, 5) is 31.6. The van der Waals surface area contributed by atoms with Crippen molar-refractivity contribution in [3.8, 4) is 56.9 Å². The van der Waals surface area contributed by atoms with Crippen LogP contribution >= 0.6 is 34.7 Å². The molecule has 8 rings (SSSR count).